The zero-order valence-corrected chi connectivity index (χ0v) is 8.74. The van der Waals surface area contributed by atoms with E-state index in [-0.39, 0.29) is 12.5 Å². The number of carbonyl (C=O) groups is 1. The Morgan fingerprint density at radius 1 is 1.47 bits per heavy atom. The van der Waals surface area contributed by atoms with Crippen molar-refractivity contribution in [1.29, 1.82) is 0 Å². The highest BCUT2D eigenvalue weighted by molar-refractivity contribution is 5.75. The first kappa shape index (κ1) is 11.2. The van der Waals surface area contributed by atoms with E-state index in [0.29, 0.717) is 11.4 Å². The maximum absolute atomic E-state index is 10.9. The quantitative estimate of drug-likeness (QED) is 0.569. The van der Waals surface area contributed by atoms with Gasteiger partial charge in [0.25, 0.3) is 0 Å². The predicted molar refractivity (Wildman–Crippen MR) is 57.9 cm³/mol. The smallest absolute Gasteiger partial charge is 0.325 e. The Morgan fingerprint density at radius 3 is 2.80 bits per heavy atom. The minimum atomic E-state index is -0.328. The molecule has 15 heavy (non-hydrogen) atoms. The Bertz CT molecular complexity index is 353. The van der Waals surface area contributed by atoms with Crippen LogP contribution in [0.2, 0.25) is 0 Å². The fraction of sp³-hybridized carbons (Fsp3) is 0.300. The monoisotopic (exact) mass is 210 g/mol. The Kier molecular flexibility index (Phi) is 3.79. The predicted octanol–water partition coefficient (Wildman–Crippen LogP) is 0.862. The van der Waals surface area contributed by atoms with Crippen LogP contribution in [0.4, 0.5) is 11.4 Å². The highest BCUT2D eigenvalue weighted by atomic mass is 16.5. The molecule has 82 valence electrons. The molecule has 1 aromatic carbocycles. The second kappa shape index (κ2) is 5.09. The van der Waals surface area contributed by atoms with Gasteiger partial charge in [-0.25, -0.2) is 0 Å². The molecule has 0 aliphatic rings. The summed E-state index contributed by atoms with van der Waals surface area (Å²) in [5.41, 5.74) is 6.95. The number of carbonyl (C=O) groups excluding carboxylic acids is 1. The van der Waals surface area contributed by atoms with Gasteiger partial charge < -0.3 is 20.5 Å². The van der Waals surface area contributed by atoms with Crippen LogP contribution in [-0.4, -0.2) is 26.7 Å². The summed E-state index contributed by atoms with van der Waals surface area (Å²) in [5, 5.41) is 2.89. The molecule has 0 radical (unpaired) electrons. The van der Waals surface area contributed by atoms with Crippen LogP contribution in [-0.2, 0) is 9.53 Å². The Labute approximate surface area is 88.2 Å². The van der Waals surface area contributed by atoms with Crippen molar-refractivity contribution in [3.63, 3.8) is 0 Å². The molecular weight excluding hydrogens is 196 g/mol. The molecule has 0 aromatic heterocycles. The lowest BCUT2D eigenvalue weighted by atomic mass is 10.2. The standard InChI is InChI=1S/C10H14N2O3/c1-14-9-5-7(3-4-8(9)11)12-6-10(13)15-2/h3-5,12H,6,11H2,1-2H3. The van der Waals surface area contributed by atoms with Gasteiger partial charge in [0.2, 0.25) is 0 Å². The Balaban J connectivity index is 2.66. The molecule has 0 aliphatic carbocycles. The number of anilines is 2. The van der Waals surface area contributed by atoms with Crippen LogP contribution in [0.3, 0.4) is 0 Å². The lowest BCUT2D eigenvalue weighted by Crippen LogP contribution is -2.14. The molecule has 0 amide bonds. The fourth-order valence-electron chi connectivity index (χ4n) is 1.07. The third kappa shape index (κ3) is 3.05. The minimum Gasteiger partial charge on any atom is -0.495 e. The summed E-state index contributed by atoms with van der Waals surface area (Å²) in [6.07, 6.45) is 0. The second-order valence-corrected chi connectivity index (χ2v) is 2.89. The number of ether oxygens (including phenoxy) is 2. The molecule has 0 bridgehead atoms. The zero-order chi connectivity index (χ0) is 11.3. The highest BCUT2D eigenvalue weighted by Crippen LogP contribution is 2.24. The van der Waals surface area contributed by atoms with E-state index in [9.17, 15) is 4.79 Å². The first-order valence-corrected chi connectivity index (χ1v) is 4.41. The molecule has 0 aliphatic heterocycles. The van der Waals surface area contributed by atoms with Crippen LogP contribution in [0, 0.1) is 0 Å². The van der Waals surface area contributed by atoms with Crippen molar-refractivity contribution in [2.24, 2.45) is 0 Å². The lowest BCUT2D eigenvalue weighted by molar-refractivity contribution is -0.138. The number of hydrogen-bond acceptors (Lipinski definition) is 5. The van der Waals surface area contributed by atoms with Gasteiger partial charge in [-0.2, -0.15) is 0 Å². The second-order valence-electron chi connectivity index (χ2n) is 2.89. The van der Waals surface area contributed by atoms with E-state index in [0.717, 1.165) is 5.69 Å². The van der Waals surface area contributed by atoms with Crippen molar-refractivity contribution in [3.8, 4) is 5.75 Å². The van der Waals surface area contributed by atoms with Gasteiger partial charge in [0, 0.05) is 11.8 Å². The lowest BCUT2D eigenvalue weighted by Gasteiger charge is -2.08. The molecule has 0 saturated heterocycles. The molecule has 3 N–H and O–H groups in total. The topological polar surface area (TPSA) is 73.6 Å². The molecule has 1 rings (SSSR count). The third-order valence-electron chi connectivity index (χ3n) is 1.90. The van der Waals surface area contributed by atoms with Crippen LogP contribution in [0.15, 0.2) is 18.2 Å². The average Bonchev–Trinajstić information content (AvgIpc) is 2.27. The van der Waals surface area contributed by atoms with Crippen molar-refractivity contribution in [1.82, 2.24) is 0 Å². The molecule has 0 spiro atoms. The number of nitrogens with two attached hydrogens (primary N) is 1. The van der Waals surface area contributed by atoms with Crippen LogP contribution in [0.1, 0.15) is 0 Å². The van der Waals surface area contributed by atoms with Gasteiger partial charge in [0.1, 0.15) is 12.3 Å². The first-order valence-electron chi connectivity index (χ1n) is 4.41. The van der Waals surface area contributed by atoms with E-state index in [1.165, 1.54) is 14.2 Å². The minimum absolute atomic E-state index is 0.115. The van der Waals surface area contributed by atoms with E-state index < -0.39 is 0 Å². The largest absolute Gasteiger partial charge is 0.495 e. The fourth-order valence-corrected chi connectivity index (χ4v) is 1.07. The van der Waals surface area contributed by atoms with Gasteiger partial charge in [-0.3, -0.25) is 4.79 Å². The number of rotatable bonds is 4. The molecule has 1 aromatic rings. The van der Waals surface area contributed by atoms with Crippen LogP contribution < -0.4 is 15.8 Å². The van der Waals surface area contributed by atoms with E-state index >= 15 is 0 Å². The van der Waals surface area contributed by atoms with Crippen LogP contribution >= 0.6 is 0 Å². The third-order valence-corrected chi connectivity index (χ3v) is 1.90. The number of hydrogen-bond donors (Lipinski definition) is 2. The molecule has 5 heteroatoms. The number of nitrogens with one attached hydrogen (secondary N) is 1. The summed E-state index contributed by atoms with van der Waals surface area (Å²) >= 11 is 0. The number of benzene rings is 1. The zero-order valence-electron chi connectivity index (χ0n) is 8.74. The molecule has 0 unspecified atom stereocenters. The van der Waals surface area contributed by atoms with Crippen LogP contribution in [0.5, 0.6) is 5.75 Å². The summed E-state index contributed by atoms with van der Waals surface area (Å²) in [7, 11) is 2.88. The van der Waals surface area contributed by atoms with E-state index in [2.05, 4.69) is 10.1 Å². The molecule has 0 heterocycles. The van der Waals surface area contributed by atoms with E-state index in [4.69, 9.17) is 10.5 Å². The van der Waals surface area contributed by atoms with E-state index in [1.54, 1.807) is 18.2 Å². The molecule has 5 nitrogen and oxygen atoms in total. The van der Waals surface area contributed by atoms with E-state index in [1.807, 2.05) is 0 Å². The van der Waals surface area contributed by atoms with Crippen molar-refractivity contribution < 1.29 is 14.3 Å². The molecule has 0 saturated carbocycles. The van der Waals surface area contributed by atoms with Crippen molar-refractivity contribution in [3.05, 3.63) is 18.2 Å². The Morgan fingerprint density at radius 2 is 2.20 bits per heavy atom. The summed E-state index contributed by atoms with van der Waals surface area (Å²) in [4.78, 5) is 10.9. The SMILES string of the molecule is COC(=O)CNc1ccc(N)c(OC)c1. The summed E-state index contributed by atoms with van der Waals surface area (Å²) in [6.45, 7) is 0.115. The summed E-state index contributed by atoms with van der Waals surface area (Å²) in [5.74, 6) is 0.246. The highest BCUT2D eigenvalue weighted by Gasteiger charge is 2.03. The van der Waals surface area contributed by atoms with Crippen LogP contribution in [0.25, 0.3) is 0 Å². The van der Waals surface area contributed by atoms with Gasteiger partial charge in [0.15, 0.2) is 0 Å². The maximum atomic E-state index is 10.9. The van der Waals surface area contributed by atoms with Gasteiger partial charge in [-0.15, -0.1) is 0 Å². The number of methoxy groups -OCH3 is 2. The molecular formula is C10H14N2O3. The normalized spacial score (nSPS) is 9.47. The average molecular weight is 210 g/mol. The number of nitrogen functional groups attached to an aromatic ring is 1. The van der Waals surface area contributed by atoms with Gasteiger partial charge in [-0.05, 0) is 12.1 Å². The van der Waals surface area contributed by atoms with Crippen molar-refractivity contribution >= 4 is 17.3 Å². The summed E-state index contributed by atoms with van der Waals surface area (Å²) in [6, 6.07) is 5.19. The first-order chi connectivity index (χ1) is 7.17. The molecule has 0 atom stereocenters. The van der Waals surface area contributed by atoms with Crippen molar-refractivity contribution in [2.75, 3.05) is 31.8 Å². The summed E-state index contributed by atoms with van der Waals surface area (Å²) < 4.78 is 9.53. The molecule has 0 fully saturated rings. The van der Waals surface area contributed by atoms with Crippen molar-refractivity contribution in [2.45, 2.75) is 0 Å². The van der Waals surface area contributed by atoms with Gasteiger partial charge >= 0.3 is 5.97 Å². The maximum Gasteiger partial charge on any atom is 0.325 e. The van der Waals surface area contributed by atoms with Gasteiger partial charge in [-0.1, -0.05) is 0 Å². The number of esters is 1. The van der Waals surface area contributed by atoms with Gasteiger partial charge in [0.05, 0.1) is 19.9 Å². The Hall–Kier alpha value is -1.91.